The third-order valence-corrected chi connectivity index (χ3v) is 2.72. The van der Waals surface area contributed by atoms with Gasteiger partial charge in [0.1, 0.15) is 0 Å². The van der Waals surface area contributed by atoms with Crippen LogP contribution < -0.4 is 16.4 Å². The molecule has 1 rings (SSSR count). The Kier molecular flexibility index (Phi) is 4.20. The Bertz CT molecular complexity index is 338. The van der Waals surface area contributed by atoms with Gasteiger partial charge in [-0.25, -0.2) is 0 Å². The lowest BCUT2D eigenvalue weighted by atomic mass is 10.0. The standard InChI is InChI=1S/C10H16F3N3O2/c1-9(14,10(11,12)13)8(18)16-5-4-15-7(17)6-2-3-6/h6H,2-5,14H2,1H3,(H,15,17)(H,16,18). The first-order chi connectivity index (χ1) is 8.16. The molecule has 2 amide bonds. The summed E-state index contributed by atoms with van der Waals surface area (Å²) in [5.41, 5.74) is 1.99. The summed E-state index contributed by atoms with van der Waals surface area (Å²) in [5, 5.41) is 4.56. The smallest absolute Gasteiger partial charge is 0.354 e. The van der Waals surface area contributed by atoms with Gasteiger partial charge < -0.3 is 16.4 Å². The topological polar surface area (TPSA) is 84.2 Å². The van der Waals surface area contributed by atoms with Crippen LogP contribution in [-0.4, -0.2) is 36.6 Å². The number of nitrogens with one attached hydrogen (secondary N) is 2. The molecule has 0 saturated heterocycles. The second-order valence-electron chi connectivity index (χ2n) is 4.52. The summed E-state index contributed by atoms with van der Waals surface area (Å²) >= 11 is 0. The molecular weight excluding hydrogens is 251 g/mol. The van der Waals surface area contributed by atoms with E-state index in [9.17, 15) is 22.8 Å². The van der Waals surface area contributed by atoms with Crippen molar-refractivity contribution in [3.8, 4) is 0 Å². The van der Waals surface area contributed by atoms with Gasteiger partial charge in [-0.1, -0.05) is 0 Å². The molecule has 4 N–H and O–H groups in total. The number of rotatable bonds is 5. The van der Waals surface area contributed by atoms with Gasteiger partial charge in [-0.3, -0.25) is 9.59 Å². The first-order valence-corrected chi connectivity index (χ1v) is 5.58. The maximum atomic E-state index is 12.4. The first kappa shape index (κ1) is 14.7. The van der Waals surface area contributed by atoms with Crippen LogP contribution in [0.2, 0.25) is 0 Å². The number of halogens is 3. The van der Waals surface area contributed by atoms with Gasteiger partial charge in [0, 0.05) is 19.0 Å². The fraction of sp³-hybridized carbons (Fsp3) is 0.800. The number of amides is 2. The Balaban J connectivity index is 2.26. The molecule has 0 aromatic rings. The third kappa shape index (κ3) is 3.59. The molecule has 8 heteroatoms. The van der Waals surface area contributed by atoms with E-state index in [2.05, 4.69) is 5.32 Å². The molecule has 1 aliphatic carbocycles. The highest BCUT2D eigenvalue weighted by Gasteiger charge is 2.53. The summed E-state index contributed by atoms with van der Waals surface area (Å²) in [5.74, 6) is -1.41. The van der Waals surface area contributed by atoms with Crippen molar-refractivity contribution in [3.63, 3.8) is 0 Å². The van der Waals surface area contributed by atoms with Gasteiger partial charge in [-0.15, -0.1) is 0 Å². The number of nitrogens with two attached hydrogens (primary N) is 1. The molecule has 0 heterocycles. The van der Waals surface area contributed by atoms with Gasteiger partial charge in [-0.05, 0) is 19.8 Å². The third-order valence-electron chi connectivity index (χ3n) is 2.72. The van der Waals surface area contributed by atoms with Gasteiger partial charge in [0.25, 0.3) is 0 Å². The average Bonchev–Trinajstić information content (AvgIpc) is 3.05. The van der Waals surface area contributed by atoms with Gasteiger partial charge in [-0.2, -0.15) is 13.2 Å². The number of carbonyl (C=O) groups is 2. The minimum atomic E-state index is -4.81. The molecule has 104 valence electrons. The van der Waals surface area contributed by atoms with E-state index in [-0.39, 0.29) is 24.9 Å². The van der Waals surface area contributed by atoms with E-state index in [1.54, 1.807) is 0 Å². The van der Waals surface area contributed by atoms with Crippen LogP contribution in [0.4, 0.5) is 13.2 Å². The summed E-state index contributed by atoms with van der Waals surface area (Å²) in [7, 11) is 0. The molecule has 0 aromatic heterocycles. The van der Waals surface area contributed by atoms with Crippen LogP contribution in [0.1, 0.15) is 19.8 Å². The van der Waals surface area contributed by atoms with E-state index in [0.717, 1.165) is 12.8 Å². The Labute approximate surface area is 102 Å². The molecule has 0 bridgehead atoms. The van der Waals surface area contributed by atoms with Crippen molar-refractivity contribution >= 4 is 11.8 Å². The van der Waals surface area contributed by atoms with Crippen LogP contribution in [0, 0.1) is 5.92 Å². The van der Waals surface area contributed by atoms with Crippen LogP contribution in [0.25, 0.3) is 0 Å². The normalized spacial score (nSPS) is 18.9. The molecule has 1 fully saturated rings. The predicted molar refractivity (Wildman–Crippen MR) is 57.4 cm³/mol. The molecule has 18 heavy (non-hydrogen) atoms. The van der Waals surface area contributed by atoms with Gasteiger partial charge in [0.05, 0.1) is 0 Å². The van der Waals surface area contributed by atoms with Crippen molar-refractivity contribution in [1.29, 1.82) is 0 Å². The minimum absolute atomic E-state index is 0.0238. The quantitative estimate of drug-likeness (QED) is 0.609. The maximum Gasteiger partial charge on any atom is 0.415 e. The van der Waals surface area contributed by atoms with Crippen molar-refractivity contribution in [2.45, 2.75) is 31.5 Å². The molecule has 5 nitrogen and oxygen atoms in total. The maximum absolute atomic E-state index is 12.4. The Morgan fingerprint density at radius 3 is 2.17 bits per heavy atom. The molecular formula is C10H16F3N3O2. The summed E-state index contributed by atoms with van der Waals surface area (Å²) in [4.78, 5) is 22.4. The second-order valence-corrected chi connectivity index (χ2v) is 4.52. The molecule has 1 aliphatic rings. The average molecular weight is 267 g/mol. The highest BCUT2D eigenvalue weighted by molar-refractivity contribution is 5.86. The minimum Gasteiger partial charge on any atom is -0.354 e. The number of carbonyl (C=O) groups excluding carboxylic acids is 2. The predicted octanol–water partition coefficient (Wildman–Crippen LogP) is -0.0915. The van der Waals surface area contributed by atoms with Crippen molar-refractivity contribution in [3.05, 3.63) is 0 Å². The summed E-state index contributed by atoms with van der Waals surface area (Å²) in [6.45, 7) is 0.611. The molecule has 0 radical (unpaired) electrons. The lowest BCUT2D eigenvalue weighted by Crippen LogP contribution is -2.61. The summed E-state index contributed by atoms with van der Waals surface area (Å²) < 4.78 is 37.1. The Morgan fingerprint density at radius 2 is 1.72 bits per heavy atom. The SMILES string of the molecule is CC(N)(C(=O)NCCNC(=O)C1CC1)C(F)(F)F. The molecule has 1 saturated carbocycles. The highest BCUT2D eigenvalue weighted by Crippen LogP contribution is 2.29. The summed E-state index contributed by atoms with van der Waals surface area (Å²) in [6.07, 6.45) is -3.13. The number of hydrogen-bond acceptors (Lipinski definition) is 3. The van der Waals surface area contributed by atoms with Crippen molar-refractivity contribution in [2.24, 2.45) is 11.7 Å². The van der Waals surface area contributed by atoms with E-state index in [4.69, 9.17) is 5.73 Å². The zero-order valence-corrected chi connectivity index (χ0v) is 9.93. The zero-order chi connectivity index (χ0) is 14.0. The van der Waals surface area contributed by atoms with Crippen molar-refractivity contribution in [2.75, 3.05) is 13.1 Å². The van der Waals surface area contributed by atoms with Crippen LogP contribution >= 0.6 is 0 Å². The van der Waals surface area contributed by atoms with Crippen LogP contribution in [-0.2, 0) is 9.59 Å². The zero-order valence-electron chi connectivity index (χ0n) is 9.93. The summed E-state index contributed by atoms with van der Waals surface area (Å²) in [6, 6.07) is 0. The molecule has 0 aliphatic heterocycles. The van der Waals surface area contributed by atoms with Gasteiger partial charge >= 0.3 is 6.18 Å². The van der Waals surface area contributed by atoms with Crippen LogP contribution in [0.3, 0.4) is 0 Å². The van der Waals surface area contributed by atoms with E-state index < -0.39 is 17.6 Å². The van der Waals surface area contributed by atoms with E-state index in [1.165, 1.54) is 0 Å². The van der Waals surface area contributed by atoms with E-state index in [0.29, 0.717) is 6.92 Å². The molecule has 0 spiro atoms. The fourth-order valence-corrected chi connectivity index (χ4v) is 1.16. The van der Waals surface area contributed by atoms with Gasteiger partial charge in [0.15, 0.2) is 5.54 Å². The van der Waals surface area contributed by atoms with Crippen LogP contribution in [0.5, 0.6) is 0 Å². The fourth-order valence-electron chi connectivity index (χ4n) is 1.16. The first-order valence-electron chi connectivity index (χ1n) is 5.58. The van der Waals surface area contributed by atoms with Crippen LogP contribution in [0.15, 0.2) is 0 Å². The highest BCUT2D eigenvalue weighted by atomic mass is 19.4. The molecule has 0 aromatic carbocycles. The Morgan fingerprint density at radius 1 is 1.22 bits per heavy atom. The molecule has 1 unspecified atom stereocenters. The second kappa shape index (κ2) is 5.13. The Hall–Kier alpha value is -1.31. The van der Waals surface area contributed by atoms with E-state index >= 15 is 0 Å². The van der Waals surface area contributed by atoms with Gasteiger partial charge in [0.2, 0.25) is 11.8 Å². The number of hydrogen-bond donors (Lipinski definition) is 3. The lowest BCUT2D eigenvalue weighted by molar-refractivity contribution is -0.187. The van der Waals surface area contributed by atoms with E-state index in [1.807, 2.05) is 5.32 Å². The molecule has 1 atom stereocenters. The number of alkyl halides is 3. The van der Waals surface area contributed by atoms with Crippen molar-refractivity contribution < 1.29 is 22.8 Å². The largest absolute Gasteiger partial charge is 0.415 e. The van der Waals surface area contributed by atoms with Crippen molar-refractivity contribution in [1.82, 2.24) is 10.6 Å². The monoisotopic (exact) mass is 267 g/mol. The lowest BCUT2D eigenvalue weighted by Gasteiger charge is -2.26.